The third kappa shape index (κ3) is 3.22. The quantitative estimate of drug-likeness (QED) is 0.398. The van der Waals surface area contributed by atoms with Crippen LogP contribution in [0.15, 0.2) is 95.0 Å². The number of benzene rings is 3. The Morgan fingerprint density at radius 2 is 1.64 bits per heavy atom. The molecule has 0 spiro atoms. The topological polar surface area (TPSA) is 54.3 Å². The lowest BCUT2D eigenvalue weighted by Crippen LogP contribution is -2.55. The zero-order valence-corrected chi connectivity index (χ0v) is 19.3. The van der Waals surface area contributed by atoms with Gasteiger partial charge in [-0.2, -0.15) is 10.5 Å². The average Bonchev–Trinajstić information content (AvgIpc) is 3.34. The van der Waals surface area contributed by atoms with E-state index in [4.69, 9.17) is 20.3 Å². The molecule has 1 saturated heterocycles. The summed E-state index contributed by atoms with van der Waals surface area (Å²) in [7, 11) is 1.68. The molecule has 0 N–H and O–H groups in total. The highest BCUT2D eigenvalue weighted by Crippen LogP contribution is 2.64. The van der Waals surface area contributed by atoms with Crippen LogP contribution in [0.2, 0.25) is 0 Å². The van der Waals surface area contributed by atoms with Gasteiger partial charge in [0, 0.05) is 17.8 Å². The summed E-state index contributed by atoms with van der Waals surface area (Å²) in [4.78, 5) is 8.88. The lowest BCUT2D eigenvalue weighted by Gasteiger charge is -2.46. The molecule has 1 saturated carbocycles. The summed E-state index contributed by atoms with van der Waals surface area (Å²) < 4.78 is 5.32. The molecule has 2 heterocycles. The minimum Gasteiger partial charge on any atom is -0.497 e. The van der Waals surface area contributed by atoms with Gasteiger partial charge in [0.2, 0.25) is 5.69 Å². The van der Waals surface area contributed by atoms with Crippen molar-refractivity contribution in [1.29, 1.82) is 0 Å². The van der Waals surface area contributed by atoms with Crippen LogP contribution in [0.1, 0.15) is 25.7 Å². The van der Waals surface area contributed by atoms with Gasteiger partial charge < -0.3 is 9.64 Å². The molecule has 3 aliphatic rings. The van der Waals surface area contributed by atoms with Crippen molar-refractivity contribution < 1.29 is 9.54 Å². The number of nitrogens with zero attached hydrogens (tertiary/aromatic N) is 5. The number of methoxy groups -OCH3 is 1. The lowest BCUT2D eigenvalue weighted by atomic mass is 9.83. The number of hydrogen-bond acceptors (Lipinski definition) is 4. The van der Waals surface area contributed by atoms with Crippen LogP contribution in [-0.4, -0.2) is 27.6 Å². The SMILES string of the molecule is COc1ccc(N=C2S[C@]34CCCC[C@]3(N=[N+](c3ccccc3)[N-]4)N2c2ccccc2)cc1. The molecule has 0 radical (unpaired) electrons. The molecule has 3 aromatic carbocycles. The Hall–Kier alpha value is -3.32. The molecule has 2 atom stereocenters. The maximum Gasteiger partial charge on any atom is 0.225 e. The molecule has 0 bridgehead atoms. The Morgan fingerprint density at radius 3 is 2.36 bits per heavy atom. The molecule has 33 heavy (non-hydrogen) atoms. The molecule has 3 aromatic rings. The number of thioether (sulfide) groups is 1. The van der Waals surface area contributed by atoms with Gasteiger partial charge in [0.1, 0.15) is 16.3 Å². The molecule has 7 heteroatoms. The first-order valence-corrected chi connectivity index (χ1v) is 12.1. The van der Waals surface area contributed by atoms with Crippen molar-refractivity contribution in [3.8, 4) is 5.75 Å². The Labute approximate surface area is 198 Å². The van der Waals surface area contributed by atoms with Gasteiger partial charge in [0.05, 0.1) is 12.8 Å². The van der Waals surface area contributed by atoms with Crippen LogP contribution in [0.25, 0.3) is 5.43 Å². The lowest BCUT2D eigenvalue weighted by molar-refractivity contribution is -0.455. The third-order valence-corrected chi connectivity index (χ3v) is 7.96. The van der Waals surface area contributed by atoms with Crippen LogP contribution < -0.4 is 9.64 Å². The van der Waals surface area contributed by atoms with E-state index >= 15 is 0 Å². The summed E-state index contributed by atoms with van der Waals surface area (Å²) in [5.41, 5.74) is 7.73. The summed E-state index contributed by atoms with van der Waals surface area (Å²) in [6.07, 6.45) is 4.15. The normalized spacial score (nSPS) is 27.0. The van der Waals surface area contributed by atoms with Gasteiger partial charge in [0.15, 0.2) is 5.17 Å². The summed E-state index contributed by atoms with van der Waals surface area (Å²) in [5, 5.41) is 6.25. The molecule has 6 rings (SSSR count). The highest BCUT2D eigenvalue weighted by molar-refractivity contribution is 8.16. The Morgan fingerprint density at radius 1 is 0.939 bits per heavy atom. The number of aliphatic imine (C=N–C) groups is 1. The number of para-hydroxylation sites is 2. The van der Waals surface area contributed by atoms with E-state index in [2.05, 4.69) is 41.3 Å². The number of rotatable bonds is 4. The smallest absolute Gasteiger partial charge is 0.225 e. The zero-order chi connectivity index (χ0) is 22.3. The number of ether oxygens (including phenoxy) is 1. The number of hydrogen-bond donors (Lipinski definition) is 0. The van der Waals surface area contributed by atoms with Gasteiger partial charge >= 0.3 is 0 Å². The molecular weight excluding hydrogens is 430 g/mol. The second-order valence-corrected chi connectivity index (χ2v) is 9.74. The van der Waals surface area contributed by atoms with Crippen molar-refractivity contribution >= 4 is 34.0 Å². The summed E-state index contributed by atoms with van der Waals surface area (Å²) in [6, 6.07) is 28.6. The minimum atomic E-state index is -0.502. The first kappa shape index (κ1) is 20.3. The standard InChI is InChI=1S/C26H25N5OS/c1-32-23-16-14-20(15-17-23)27-24-30(21-10-4-2-5-11-21)25-18-8-9-19-26(25,33-24)29-31(28-25)22-12-6-3-7-13-22/h2-7,10-17H,8-9,18-19H2,1H3/t25-,26+/m0/s1. The van der Waals surface area contributed by atoms with E-state index in [9.17, 15) is 0 Å². The van der Waals surface area contributed by atoms with Gasteiger partial charge in [-0.1, -0.05) is 61.0 Å². The first-order chi connectivity index (χ1) is 16.2. The maximum atomic E-state index is 5.32. The van der Waals surface area contributed by atoms with E-state index in [0.717, 1.165) is 53.7 Å². The van der Waals surface area contributed by atoms with Crippen molar-refractivity contribution in [3.63, 3.8) is 0 Å². The molecule has 2 fully saturated rings. The van der Waals surface area contributed by atoms with Crippen LogP contribution in [0.4, 0.5) is 17.1 Å². The van der Waals surface area contributed by atoms with Crippen LogP contribution >= 0.6 is 11.8 Å². The number of anilines is 1. The van der Waals surface area contributed by atoms with E-state index in [-0.39, 0.29) is 0 Å². The van der Waals surface area contributed by atoms with Crippen LogP contribution in [-0.2, 0) is 0 Å². The minimum absolute atomic E-state index is 0.401. The van der Waals surface area contributed by atoms with Gasteiger partial charge in [0.25, 0.3) is 0 Å². The van der Waals surface area contributed by atoms with Crippen LogP contribution in [0, 0.1) is 0 Å². The predicted molar refractivity (Wildman–Crippen MR) is 133 cm³/mol. The Kier molecular flexibility index (Phi) is 4.87. The summed E-state index contributed by atoms with van der Waals surface area (Å²) >= 11 is 1.75. The highest BCUT2D eigenvalue weighted by Gasteiger charge is 2.66. The molecule has 1 aliphatic carbocycles. The van der Waals surface area contributed by atoms with Gasteiger partial charge in [-0.05, 0) is 49.2 Å². The second kappa shape index (κ2) is 7.92. The van der Waals surface area contributed by atoms with Crippen LogP contribution in [0.3, 0.4) is 0 Å². The molecule has 2 aliphatic heterocycles. The molecule has 6 nitrogen and oxygen atoms in total. The van der Waals surface area contributed by atoms with E-state index < -0.39 is 10.5 Å². The van der Waals surface area contributed by atoms with Crippen LogP contribution in [0.5, 0.6) is 5.75 Å². The van der Waals surface area contributed by atoms with Crippen molar-refractivity contribution in [2.75, 3.05) is 12.0 Å². The van der Waals surface area contributed by atoms with E-state index in [0.29, 0.717) is 0 Å². The van der Waals surface area contributed by atoms with Crippen molar-refractivity contribution in [2.45, 2.75) is 36.2 Å². The Bertz CT molecular complexity index is 1210. The van der Waals surface area contributed by atoms with E-state index in [1.165, 1.54) is 0 Å². The largest absolute Gasteiger partial charge is 0.497 e. The van der Waals surface area contributed by atoms with Crippen molar-refractivity contribution in [2.24, 2.45) is 10.1 Å². The predicted octanol–water partition coefficient (Wildman–Crippen LogP) is 7.00. The summed E-state index contributed by atoms with van der Waals surface area (Å²) in [6.45, 7) is 0. The summed E-state index contributed by atoms with van der Waals surface area (Å²) in [5.74, 6) is 0.823. The van der Waals surface area contributed by atoms with Crippen molar-refractivity contribution in [3.05, 3.63) is 90.4 Å². The molecule has 0 unspecified atom stereocenters. The molecule has 0 aromatic heterocycles. The van der Waals surface area contributed by atoms with Crippen molar-refractivity contribution in [1.82, 2.24) is 0 Å². The van der Waals surface area contributed by atoms with E-state index in [1.54, 1.807) is 18.9 Å². The van der Waals surface area contributed by atoms with Gasteiger partial charge in [-0.3, -0.25) is 0 Å². The third-order valence-electron chi connectivity index (χ3n) is 6.55. The number of amidine groups is 1. The molecule has 0 amide bonds. The number of azo groups is 1. The fourth-order valence-corrected chi connectivity index (χ4v) is 6.54. The van der Waals surface area contributed by atoms with E-state index in [1.807, 2.05) is 53.3 Å². The molecule has 166 valence electrons. The average molecular weight is 456 g/mol. The zero-order valence-electron chi connectivity index (χ0n) is 18.5. The van der Waals surface area contributed by atoms with Gasteiger partial charge in [-0.15, -0.1) is 4.81 Å². The fraction of sp³-hybridized carbons (Fsp3) is 0.269. The second-order valence-electron chi connectivity index (χ2n) is 8.50. The highest BCUT2D eigenvalue weighted by atomic mass is 32.2. The monoisotopic (exact) mass is 455 g/mol. The van der Waals surface area contributed by atoms with Gasteiger partial charge in [-0.25, -0.2) is 4.99 Å². The maximum absolute atomic E-state index is 5.32. The fourth-order valence-electron chi connectivity index (χ4n) is 4.98. The first-order valence-electron chi connectivity index (χ1n) is 11.3. The molecular formula is C26H25N5OS. The Balaban J connectivity index is 1.51.